The Balaban J connectivity index is 1.45. The molecule has 1 amide bonds. The van der Waals surface area contributed by atoms with Crippen LogP contribution in [0.15, 0.2) is 59.1 Å². The van der Waals surface area contributed by atoms with Crippen LogP contribution in [-0.4, -0.2) is 42.0 Å². The van der Waals surface area contributed by atoms with Gasteiger partial charge in [0.2, 0.25) is 5.89 Å². The Kier molecular flexibility index (Phi) is 6.77. The van der Waals surface area contributed by atoms with Crippen LogP contribution in [0.25, 0.3) is 22.8 Å². The highest BCUT2D eigenvalue weighted by atomic mass is 19.1. The second-order valence-electron chi connectivity index (χ2n) is 8.23. The smallest absolute Gasteiger partial charge is 0.252 e. The molecule has 1 atom stereocenters. The number of carbonyl (C=O) groups is 1. The van der Waals surface area contributed by atoms with E-state index in [0.717, 1.165) is 19.6 Å². The highest BCUT2D eigenvalue weighted by Crippen LogP contribution is 2.29. The zero-order valence-corrected chi connectivity index (χ0v) is 17.8. The minimum atomic E-state index is -0.376. The third kappa shape index (κ3) is 5.20. The number of hydrogen-bond donors (Lipinski definition) is 1. The van der Waals surface area contributed by atoms with Crippen molar-refractivity contribution in [2.24, 2.45) is 5.92 Å². The van der Waals surface area contributed by atoms with Crippen molar-refractivity contribution >= 4 is 5.91 Å². The van der Waals surface area contributed by atoms with E-state index in [4.69, 9.17) is 4.42 Å². The minimum Gasteiger partial charge on any atom is -0.436 e. The Labute approximate surface area is 182 Å². The van der Waals surface area contributed by atoms with Crippen molar-refractivity contribution in [3.63, 3.8) is 0 Å². The van der Waals surface area contributed by atoms with Gasteiger partial charge in [-0.15, -0.1) is 0 Å². The largest absolute Gasteiger partial charge is 0.436 e. The second kappa shape index (κ2) is 9.88. The predicted octanol–water partition coefficient (Wildman–Crippen LogP) is 5.00. The Morgan fingerprint density at radius 2 is 1.81 bits per heavy atom. The van der Waals surface area contributed by atoms with Crippen LogP contribution in [0.4, 0.5) is 4.39 Å². The number of likely N-dealkylation sites (tertiary alicyclic amines) is 1. The number of aromatic nitrogens is 1. The Bertz CT molecular complexity index is 1030. The molecule has 1 N–H and O–H groups in total. The highest BCUT2D eigenvalue weighted by molar-refractivity contribution is 6.00. The summed E-state index contributed by atoms with van der Waals surface area (Å²) in [4.78, 5) is 19.7. The third-order valence-corrected chi connectivity index (χ3v) is 5.68. The summed E-state index contributed by atoms with van der Waals surface area (Å²) in [5, 5.41) is 3.05. The summed E-state index contributed by atoms with van der Waals surface area (Å²) in [5.41, 5.74) is 1.43. The molecule has 2 heterocycles. The standard InChI is InChI=1S/C25H28FN3O2/c1-18(17-29-13-7-2-8-14-29)15-27-24(30)19-9-3-4-10-20(19)25-28-16-23(31-25)21-11-5-6-12-22(21)26/h3-6,9-12,16,18H,2,7-8,13-15,17H2,1H3,(H,27,30). The first kappa shape index (κ1) is 21.2. The number of benzene rings is 2. The van der Waals surface area contributed by atoms with Crippen LogP contribution >= 0.6 is 0 Å². The lowest BCUT2D eigenvalue weighted by Crippen LogP contribution is -2.38. The molecule has 0 saturated carbocycles. The monoisotopic (exact) mass is 421 g/mol. The van der Waals surface area contributed by atoms with E-state index in [9.17, 15) is 9.18 Å². The quantitative estimate of drug-likeness (QED) is 0.583. The molecule has 1 aliphatic heterocycles. The first-order chi connectivity index (χ1) is 15.1. The maximum atomic E-state index is 14.1. The zero-order chi connectivity index (χ0) is 21.6. The lowest BCUT2D eigenvalue weighted by molar-refractivity contribution is 0.0943. The van der Waals surface area contributed by atoms with Crippen molar-refractivity contribution in [3.8, 4) is 22.8 Å². The van der Waals surface area contributed by atoms with Gasteiger partial charge in [-0.25, -0.2) is 9.37 Å². The topological polar surface area (TPSA) is 58.4 Å². The van der Waals surface area contributed by atoms with Crippen molar-refractivity contribution in [1.82, 2.24) is 15.2 Å². The molecule has 2 aromatic carbocycles. The van der Waals surface area contributed by atoms with Gasteiger partial charge < -0.3 is 14.6 Å². The minimum absolute atomic E-state index is 0.160. The van der Waals surface area contributed by atoms with Gasteiger partial charge in [-0.2, -0.15) is 0 Å². The van der Waals surface area contributed by atoms with Crippen molar-refractivity contribution < 1.29 is 13.6 Å². The van der Waals surface area contributed by atoms with Gasteiger partial charge in [-0.3, -0.25) is 4.79 Å². The summed E-state index contributed by atoms with van der Waals surface area (Å²) in [5.74, 6) is 0.457. The number of carbonyl (C=O) groups excluding carboxylic acids is 1. The molecule has 0 spiro atoms. The summed E-state index contributed by atoms with van der Waals surface area (Å²) >= 11 is 0. The Morgan fingerprint density at radius 1 is 1.10 bits per heavy atom. The zero-order valence-electron chi connectivity index (χ0n) is 17.8. The van der Waals surface area contributed by atoms with Gasteiger partial charge in [-0.05, 0) is 56.1 Å². The fourth-order valence-electron chi connectivity index (χ4n) is 4.06. The molecule has 0 aliphatic carbocycles. The van der Waals surface area contributed by atoms with Crippen LogP contribution in [0.3, 0.4) is 0 Å². The molecule has 1 unspecified atom stereocenters. The van der Waals surface area contributed by atoms with Crippen LogP contribution < -0.4 is 5.32 Å². The van der Waals surface area contributed by atoms with Gasteiger partial charge >= 0.3 is 0 Å². The molecule has 3 aromatic rings. The van der Waals surface area contributed by atoms with Crippen molar-refractivity contribution in [1.29, 1.82) is 0 Å². The van der Waals surface area contributed by atoms with E-state index in [2.05, 4.69) is 22.1 Å². The van der Waals surface area contributed by atoms with Gasteiger partial charge in [0.05, 0.1) is 17.3 Å². The SMILES string of the molecule is CC(CNC(=O)c1ccccc1-c1ncc(-c2ccccc2F)o1)CN1CCCCC1. The summed E-state index contributed by atoms with van der Waals surface area (Å²) in [6.45, 7) is 6.06. The molecule has 1 fully saturated rings. The average Bonchev–Trinajstić information content (AvgIpc) is 3.28. The summed E-state index contributed by atoms with van der Waals surface area (Å²) < 4.78 is 19.9. The number of piperidine rings is 1. The Morgan fingerprint density at radius 3 is 2.58 bits per heavy atom. The molecule has 1 aromatic heterocycles. The number of nitrogens with zero attached hydrogens (tertiary/aromatic N) is 2. The molecule has 6 heteroatoms. The van der Waals surface area contributed by atoms with E-state index in [1.807, 2.05) is 12.1 Å². The maximum Gasteiger partial charge on any atom is 0.252 e. The molecule has 1 saturated heterocycles. The maximum absolute atomic E-state index is 14.1. The van der Waals surface area contributed by atoms with E-state index in [0.29, 0.717) is 40.8 Å². The van der Waals surface area contributed by atoms with Crippen LogP contribution in [-0.2, 0) is 0 Å². The molecule has 162 valence electrons. The number of halogens is 1. The van der Waals surface area contributed by atoms with Crippen molar-refractivity contribution in [2.45, 2.75) is 26.2 Å². The number of rotatable bonds is 7. The normalized spacial score (nSPS) is 15.5. The van der Waals surface area contributed by atoms with Gasteiger partial charge in [0.1, 0.15) is 5.82 Å². The van der Waals surface area contributed by atoms with E-state index in [1.165, 1.54) is 31.5 Å². The molecular formula is C25H28FN3O2. The number of hydrogen-bond acceptors (Lipinski definition) is 4. The van der Waals surface area contributed by atoms with Crippen molar-refractivity contribution in [3.05, 3.63) is 66.1 Å². The molecular weight excluding hydrogens is 393 g/mol. The molecule has 31 heavy (non-hydrogen) atoms. The molecule has 1 aliphatic rings. The number of nitrogens with one attached hydrogen (secondary N) is 1. The summed E-state index contributed by atoms with van der Waals surface area (Å²) in [6.07, 6.45) is 5.33. The van der Waals surface area contributed by atoms with E-state index in [-0.39, 0.29) is 11.7 Å². The predicted molar refractivity (Wildman–Crippen MR) is 119 cm³/mol. The lowest BCUT2D eigenvalue weighted by atomic mass is 10.1. The van der Waals surface area contributed by atoms with Crippen molar-refractivity contribution in [2.75, 3.05) is 26.2 Å². The first-order valence-corrected chi connectivity index (χ1v) is 10.9. The van der Waals surface area contributed by atoms with E-state index >= 15 is 0 Å². The number of amides is 1. The lowest BCUT2D eigenvalue weighted by Gasteiger charge is -2.29. The van der Waals surface area contributed by atoms with Gasteiger partial charge in [0, 0.05) is 18.7 Å². The first-order valence-electron chi connectivity index (χ1n) is 10.9. The summed E-state index contributed by atoms with van der Waals surface area (Å²) in [7, 11) is 0. The molecule has 0 bridgehead atoms. The van der Waals surface area contributed by atoms with Gasteiger partial charge in [-0.1, -0.05) is 37.6 Å². The van der Waals surface area contributed by atoms with E-state index < -0.39 is 0 Å². The highest BCUT2D eigenvalue weighted by Gasteiger charge is 2.19. The average molecular weight is 422 g/mol. The summed E-state index contributed by atoms with van der Waals surface area (Å²) in [6, 6.07) is 13.6. The second-order valence-corrected chi connectivity index (χ2v) is 8.23. The van der Waals surface area contributed by atoms with Crippen LogP contribution in [0.5, 0.6) is 0 Å². The molecule has 4 rings (SSSR count). The van der Waals surface area contributed by atoms with Crippen LogP contribution in [0, 0.1) is 11.7 Å². The van der Waals surface area contributed by atoms with Crippen LogP contribution in [0.2, 0.25) is 0 Å². The number of oxazole rings is 1. The Hall–Kier alpha value is -2.99. The molecule has 5 nitrogen and oxygen atoms in total. The van der Waals surface area contributed by atoms with E-state index in [1.54, 1.807) is 30.3 Å². The van der Waals surface area contributed by atoms with Gasteiger partial charge in [0.25, 0.3) is 5.91 Å². The fourth-order valence-corrected chi connectivity index (χ4v) is 4.06. The van der Waals surface area contributed by atoms with Gasteiger partial charge in [0.15, 0.2) is 5.76 Å². The molecule has 0 radical (unpaired) electrons. The third-order valence-electron chi connectivity index (χ3n) is 5.68. The van der Waals surface area contributed by atoms with Crippen LogP contribution in [0.1, 0.15) is 36.5 Å². The fraction of sp³-hybridized carbons (Fsp3) is 0.360.